The number of halogens is 2. The SMILES string of the molecule is CC(C)N1CC2CCCC(C1)C2Nc1cccc(Cl)c1Cl. The van der Waals surface area contributed by atoms with Gasteiger partial charge in [0.05, 0.1) is 15.7 Å². The molecule has 2 bridgehead atoms. The molecule has 1 saturated heterocycles. The second-order valence-corrected chi connectivity index (χ2v) is 7.56. The first-order valence-electron chi connectivity index (χ1n) is 8.01. The smallest absolute Gasteiger partial charge is 0.0823 e. The molecule has 1 aromatic carbocycles. The summed E-state index contributed by atoms with van der Waals surface area (Å²) in [5, 5.41) is 5.00. The summed E-state index contributed by atoms with van der Waals surface area (Å²) >= 11 is 12.5. The fourth-order valence-corrected chi connectivity index (χ4v) is 4.28. The first-order valence-corrected chi connectivity index (χ1v) is 8.76. The van der Waals surface area contributed by atoms with Gasteiger partial charge in [-0.3, -0.25) is 0 Å². The molecule has 0 radical (unpaired) electrons. The molecule has 2 fully saturated rings. The minimum Gasteiger partial charge on any atom is -0.380 e. The van der Waals surface area contributed by atoms with Crippen LogP contribution in [0.4, 0.5) is 5.69 Å². The van der Waals surface area contributed by atoms with Crippen molar-refractivity contribution >= 4 is 28.9 Å². The molecule has 0 amide bonds. The maximum atomic E-state index is 6.34. The Morgan fingerprint density at radius 2 is 1.81 bits per heavy atom. The van der Waals surface area contributed by atoms with E-state index in [9.17, 15) is 0 Å². The fourth-order valence-electron chi connectivity index (χ4n) is 3.93. The van der Waals surface area contributed by atoms with Crippen LogP contribution in [0.25, 0.3) is 0 Å². The number of hydrogen-bond acceptors (Lipinski definition) is 2. The average Bonchev–Trinajstić information content (AvgIpc) is 2.43. The molecule has 1 heterocycles. The molecule has 1 aromatic rings. The van der Waals surface area contributed by atoms with E-state index in [-0.39, 0.29) is 0 Å². The number of nitrogens with zero attached hydrogens (tertiary/aromatic N) is 1. The largest absolute Gasteiger partial charge is 0.380 e. The van der Waals surface area contributed by atoms with Gasteiger partial charge >= 0.3 is 0 Å². The van der Waals surface area contributed by atoms with Gasteiger partial charge in [0.2, 0.25) is 0 Å². The topological polar surface area (TPSA) is 15.3 Å². The van der Waals surface area contributed by atoms with Crippen LogP contribution in [0, 0.1) is 11.8 Å². The number of anilines is 1. The van der Waals surface area contributed by atoms with Gasteiger partial charge in [-0.1, -0.05) is 35.7 Å². The zero-order valence-corrected chi connectivity index (χ0v) is 14.3. The molecule has 2 nitrogen and oxygen atoms in total. The van der Waals surface area contributed by atoms with Crippen molar-refractivity contribution in [2.24, 2.45) is 11.8 Å². The fraction of sp³-hybridized carbons (Fsp3) is 0.647. The van der Waals surface area contributed by atoms with Crippen molar-refractivity contribution in [1.82, 2.24) is 4.90 Å². The summed E-state index contributed by atoms with van der Waals surface area (Å²) < 4.78 is 0. The molecule has 21 heavy (non-hydrogen) atoms. The van der Waals surface area contributed by atoms with E-state index in [0.717, 1.165) is 17.5 Å². The first-order chi connectivity index (χ1) is 10.1. The number of nitrogens with one attached hydrogen (secondary N) is 1. The molecule has 0 aromatic heterocycles. The molecular formula is C17H24Cl2N2. The van der Waals surface area contributed by atoms with Crippen molar-refractivity contribution in [3.63, 3.8) is 0 Å². The highest BCUT2D eigenvalue weighted by atomic mass is 35.5. The summed E-state index contributed by atoms with van der Waals surface area (Å²) in [6.07, 6.45) is 3.99. The maximum Gasteiger partial charge on any atom is 0.0823 e. The van der Waals surface area contributed by atoms with E-state index in [0.29, 0.717) is 22.1 Å². The highest BCUT2D eigenvalue weighted by Crippen LogP contribution is 2.39. The molecule has 116 valence electrons. The number of benzene rings is 1. The Hall–Kier alpha value is -0.440. The lowest BCUT2D eigenvalue weighted by Gasteiger charge is -2.49. The van der Waals surface area contributed by atoms with E-state index in [1.165, 1.54) is 32.4 Å². The molecule has 4 heteroatoms. The normalized spacial score (nSPS) is 29.7. The molecule has 0 spiro atoms. The molecule has 1 aliphatic heterocycles. The lowest BCUT2D eigenvalue weighted by molar-refractivity contribution is 0.0518. The highest BCUT2D eigenvalue weighted by Gasteiger charge is 2.40. The van der Waals surface area contributed by atoms with E-state index in [1.54, 1.807) is 0 Å². The van der Waals surface area contributed by atoms with Crippen molar-refractivity contribution in [3.8, 4) is 0 Å². The molecule has 1 N–H and O–H groups in total. The van der Waals surface area contributed by atoms with Gasteiger partial charge in [-0.2, -0.15) is 0 Å². The standard InChI is InChI=1S/C17H24Cl2N2/c1-11(2)21-9-12-5-3-6-13(10-21)17(12)20-15-8-4-7-14(18)16(15)19/h4,7-8,11-13,17,20H,3,5-6,9-10H2,1-2H3. The van der Waals surface area contributed by atoms with Gasteiger partial charge in [-0.05, 0) is 50.7 Å². The number of fused-ring (bicyclic) bond motifs is 2. The minimum atomic E-state index is 0.532. The van der Waals surface area contributed by atoms with Gasteiger partial charge in [0, 0.05) is 25.2 Å². The Bertz CT molecular complexity index is 490. The molecule has 2 atom stereocenters. The van der Waals surface area contributed by atoms with Gasteiger partial charge in [-0.25, -0.2) is 0 Å². The Labute approximate surface area is 137 Å². The van der Waals surface area contributed by atoms with Crippen molar-refractivity contribution in [3.05, 3.63) is 28.2 Å². The van der Waals surface area contributed by atoms with Crippen LogP contribution in [-0.4, -0.2) is 30.1 Å². The van der Waals surface area contributed by atoms with Gasteiger partial charge in [0.15, 0.2) is 0 Å². The van der Waals surface area contributed by atoms with E-state index < -0.39 is 0 Å². The maximum absolute atomic E-state index is 6.34. The van der Waals surface area contributed by atoms with Crippen LogP contribution in [0.2, 0.25) is 10.0 Å². The average molecular weight is 327 g/mol. The van der Waals surface area contributed by atoms with E-state index in [2.05, 4.69) is 24.1 Å². The molecule has 2 unspecified atom stereocenters. The van der Waals surface area contributed by atoms with Gasteiger partial charge in [-0.15, -0.1) is 0 Å². The van der Waals surface area contributed by atoms with Gasteiger partial charge < -0.3 is 10.2 Å². The first kappa shape index (κ1) is 15.5. The number of piperidine rings is 1. The quantitative estimate of drug-likeness (QED) is 0.848. The summed E-state index contributed by atoms with van der Waals surface area (Å²) in [5.74, 6) is 1.44. The minimum absolute atomic E-state index is 0.532. The molecule has 1 saturated carbocycles. The van der Waals surface area contributed by atoms with E-state index in [4.69, 9.17) is 23.2 Å². The Morgan fingerprint density at radius 1 is 1.14 bits per heavy atom. The van der Waals surface area contributed by atoms with Crippen LogP contribution >= 0.6 is 23.2 Å². The highest BCUT2D eigenvalue weighted by molar-refractivity contribution is 6.43. The van der Waals surface area contributed by atoms with Crippen molar-refractivity contribution in [1.29, 1.82) is 0 Å². The molecular weight excluding hydrogens is 303 g/mol. The van der Waals surface area contributed by atoms with Crippen LogP contribution in [0.15, 0.2) is 18.2 Å². The zero-order chi connectivity index (χ0) is 15.0. The van der Waals surface area contributed by atoms with E-state index in [1.807, 2.05) is 18.2 Å². The van der Waals surface area contributed by atoms with Gasteiger partial charge in [0.25, 0.3) is 0 Å². The monoisotopic (exact) mass is 326 g/mol. The molecule has 1 aliphatic carbocycles. The lowest BCUT2D eigenvalue weighted by Crippen LogP contribution is -2.56. The summed E-state index contributed by atoms with van der Waals surface area (Å²) in [7, 11) is 0. The Balaban J connectivity index is 1.78. The van der Waals surface area contributed by atoms with Crippen LogP contribution in [0.5, 0.6) is 0 Å². The van der Waals surface area contributed by atoms with Crippen molar-refractivity contribution in [2.45, 2.75) is 45.2 Å². The van der Waals surface area contributed by atoms with Crippen LogP contribution in [-0.2, 0) is 0 Å². The lowest BCUT2D eigenvalue weighted by atomic mass is 9.73. The zero-order valence-electron chi connectivity index (χ0n) is 12.8. The summed E-state index contributed by atoms with van der Waals surface area (Å²) in [4.78, 5) is 2.63. The number of likely N-dealkylation sites (tertiary alicyclic amines) is 1. The third-order valence-corrected chi connectivity index (χ3v) is 5.93. The van der Waals surface area contributed by atoms with Crippen molar-refractivity contribution in [2.75, 3.05) is 18.4 Å². The number of hydrogen-bond donors (Lipinski definition) is 1. The van der Waals surface area contributed by atoms with Crippen LogP contribution in [0.3, 0.4) is 0 Å². The number of rotatable bonds is 3. The Kier molecular flexibility index (Phi) is 4.68. The second-order valence-electron chi connectivity index (χ2n) is 6.77. The third-order valence-electron chi connectivity index (χ3n) is 5.11. The van der Waals surface area contributed by atoms with E-state index >= 15 is 0 Å². The van der Waals surface area contributed by atoms with Crippen LogP contribution in [0.1, 0.15) is 33.1 Å². The van der Waals surface area contributed by atoms with Crippen LogP contribution < -0.4 is 5.32 Å². The summed E-state index contributed by atoms with van der Waals surface area (Å²) in [6, 6.07) is 7.03. The van der Waals surface area contributed by atoms with Gasteiger partial charge in [0.1, 0.15) is 0 Å². The predicted molar refractivity (Wildman–Crippen MR) is 91.4 cm³/mol. The summed E-state index contributed by atoms with van der Waals surface area (Å²) in [5.41, 5.74) is 0.990. The third kappa shape index (κ3) is 3.18. The molecule has 3 rings (SSSR count). The Morgan fingerprint density at radius 3 is 2.43 bits per heavy atom. The molecule has 2 aliphatic rings. The summed E-state index contributed by atoms with van der Waals surface area (Å²) in [6.45, 7) is 7.00. The van der Waals surface area contributed by atoms with Crippen molar-refractivity contribution < 1.29 is 0 Å². The predicted octanol–water partition coefficient (Wildman–Crippen LogP) is 4.91. The second kappa shape index (κ2) is 6.36.